The van der Waals surface area contributed by atoms with Gasteiger partial charge in [-0.25, -0.2) is 4.98 Å². The van der Waals surface area contributed by atoms with Crippen LogP contribution in [0.4, 0.5) is 0 Å². The quantitative estimate of drug-likeness (QED) is 0.252. The smallest absolute Gasteiger partial charge is 0.194 e. The molecule has 0 spiro atoms. The molecule has 162 valence electrons. The topological polar surface area (TPSA) is 74.7 Å². The molecule has 8 nitrogen and oxygen atoms in total. The zero-order chi connectivity index (χ0) is 19.8. The number of aryl methyl sites for hydroxylation is 3. The van der Waals surface area contributed by atoms with Gasteiger partial charge in [0.25, 0.3) is 0 Å². The minimum absolute atomic E-state index is 0. The van der Waals surface area contributed by atoms with Gasteiger partial charge in [0.1, 0.15) is 11.6 Å². The molecule has 2 aromatic rings. The third-order valence-corrected chi connectivity index (χ3v) is 5.06. The zero-order valence-corrected chi connectivity index (χ0v) is 20.1. The van der Waals surface area contributed by atoms with Gasteiger partial charge in [-0.3, -0.25) is 9.89 Å². The summed E-state index contributed by atoms with van der Waals surface area (Å²) in [6, 6.07) is 2.02. The first kappa shape index (κ1) is 23.7. The molecule has 0 atom stereocenters. The molecule has 0 bridgehead atoms. The van der Waals surface area contributed by atoms with Crippen molar-refractivity contribution in [3.05, 3.63) is 35.7 Å². The average Bonchev–Trinajstić information content (AvgIpc) is 3.29. The van der Waals surface area contributed by atoms with Gasteiger partial charge in [-0.15, -0.1) is 24.0 Å². The highest BCUT2D eigenvalue weighted by Gasteiger charge is 2.20. The number of hydrogen-bond acceptors (Lipinski definition) is 5. The maximum Gasteiger partial charge on any atom is 0.194 e. The van der Waals surface area contributed by atoms with Crippen LogP contribution >= 0.6 is 24.0 Å². The van der Waals surface area contributed by atoms with E-state index in [0.29, 0.717) is 0 Å². The molecule has 3 rings (SSSR count). The molecule has 1 saturated heterocycles. The number of halogens is 1. The minimum atomic E-state index is 0. The molecule has 1 aliphatic heterocycles. The Bertz CT molecular complexity index is 750. The Labute approximate surface area is 190 Å². The van der Waals surface area contributed by atoms with Gasteiger partial charge < -0.3 is 19.3 Å². The first-order chi connectivity index (χ1) is 13.7. The van der Waals surface area contributed by atoms with Crippen LogP contribution in [0.15, 0.2) is 28.0 Å². The lowest BCUT2D eigenvalue weighted by Gasteiger charge is -2.36. The van der Waals surface area contributed by atoms with Crippen molar-refractivity contribution in [2.45, 2.75) is 46.7 Å². The Morgan fingerprint density at radius 2 is 2.00 bits per heavy atom. The number of rotatable bonds is 8. The van der Waals surface area contributed by atoms with Crippen LogP contribution in [-0.2, 0) is 13.1 Å². The molecule has 1 aliphatic rings. The van der Waals surface area contributed by atoms with E-state index in [1.54, 1.807) is 0 Å². The second-order valence-electron chi connectivity index (χ2n) is 7.30. The van der Waals surface area contributed by atoms with Crippen molar-refractivity contribution in [2.24, 2.45) is 4.99 Å². The van der Waals surface area contributed by atoms with Gasteiger partial charge in [-0.2, -0.15) is 0 Å². The molecule has 0 aliphatic carbocycles. The standard InChI is InChI=1S/C20H33N7O.HI/c1-4-21-20(23-7-5-6-9-26-10-8-22-18(26)3)27-13-11-25(12-14-27)16-19-15-17(2)28-24-19;/h8,10,15H,4-7,9,11-14,16H2,1-3H3,(H,21,23);1H. The molecule has 0 radical (unpaired) electrons. The summed E-state index contributed by atoms with van der Waals surface area (Å²) in [5.41, 5.74) is 1.01. The van der Waals surface area contributed by atoms with Crippen molar-refractivity contribution in [1.82, 2.24) is 29.8 Å². The summed E-state index contributed by atoms with van der Waals surface area (Å²) < 4.78 is 7.37. The first-order valence-electron chi connectivity index (χ1n) is 10.3. The highest BCUT2D eigenvalue weighted by molar-refractivity contribution is 14.0. The van der Waals surface area contributed by atoms with Crippen molar-refractivity contribution in [1.29, 1.82) is 0 Å². The second kappa shape index (κ2) is 12.2. The Balaban J connectivity index is 0.00000300. The SMILES string of the molecule is CCNC(=NCCCCn1ccnc1C)N1CCN(Cc2cc(C)on2)CC1.I. The summed E-state index contributed by atoms with van der Waals surface area (Å²) in [5.74, 6) is 2.99. The minimum Gasteiger partial charge on any atom is -0.361 e. The lowest BCUT2D eigenvalue weighted by molar-refractivity contribution is 0.169. The molecule has 29 heavy (non-hydrogen) atoms. The fourth-order valence-corrected chi connectivity index (χ4v) is 3.48. The van der Waals surface area contributed by atoms with E-state index in [1.165, 1.54) is 0 Å². The fourth-order valence-electron chi connectivity index (χ4n) is 3.48. The highest BCUT2D eigenvalue weighted by Crippen LogP contribution is 2.09. The third-order valence-electron chi connectivity index (χ3n) is 5.06. The predicted octanol–water partition coefficient (Wildman–Crippen LogP) is 2.67. The van der Waals surface area contributed by atoms with E-state index in [0.717, 1.165) is 88.4 Å². The summed E-state index contributed by atoms with van der Waals surface area (Å²) in [4.78, 5) is 13.9. The summed E-state index contributed by atoms with van der Waals surface area (Å²) in [6.45, 7) is 13.7. The van der Waals surface area contributed by atoms with Gasteiger partial charge in [0.2, 0.25) is 0 Å². The van der Waals surface area contributed by atoms with Crippen molar-refractivity contribution in [2.75, 3.05) is 39.3 Å². The number of hydrogen-bond donors (Lipinski definition) is 1. The molecule has 2 aromatic heterocycles. The van der Waals surface area contributed by atoms with Crippen LogP contribution in [0.25, 0.3) is 0 Å². The largest absolute Gasteiger partial charge is 0.361 e. The number of imidazole rings is 1. The van der Waals surface area contributed by atoms with Crippen LogP contribution in [0.5, 0.6) is 0 Å². The predicted molar refractivity (Wildman–Crippen MR) is 126 cm³/mol. The van der Waals surface area contributed by atoms with E-state index in [9.17, 15) is 0 Å². The number of unbranched alkanes of at least 4 members (excludes halogenated alkanes) is 1. The molecular weight excluding hydrogens is 481 g/mol. The van der Waals surface area contributed by atoms with Gasteiger partial charge in [0, 0.05) is 70.8 Å². The van der Waals surface area contributed by atoms with Crippen molar-refractivity contribution in [3.63, 3.8) is 0 Å². The van der Waals surface area contributed by atoms with E-state index in [2.05, 4.69) is 36.7 Å². The van der Waals surface area contributed by atoms with Gasteiger partial charge in [0.15, 0.2) is 5.96 Å². The van der Waals surface area contributed by atoms with Crippen LogP contribution in [-0.4, -0.2) is 69.7 Å². The summed E-state index contributed by atoms with van der Waals surface area (Å²) >= 11 is 0. The zero-order valence-electron chi connectivity index (χ0n) is 17.8. The van der Waals surface area contributed by atoms with Gasteiger partial charge in [0.05, 0.1) is 5.69 Å². The molecule has 0 saturated carbocycles. The second-order valence-corrected chi connectivity index (χ2v) is 7.30. The van der Waals surface area contributed by atoms with E-state index < -0.39 is 0 Å². The molecule has 1 N–H and O–H groups in total. The number of nitrogens with zero attached hydrogens (tertiary/aromatic N) is 6. The molecule has 9 heteroatoms. The van der Waals surface area contributed by atoms with Gasteiger partial charge >= 0.3 is 0 Å². The Kier molecular flexibility index (Phi) is 9.92. The average molecular weight is 515 g/mol. The monoisotopic (exact) mass is 515 g/mol. The Hall–Kier alpha value is -1.62. The number of aromatic nitrogens is 3. The van der Waals surface area contributed by atoms with Crippen molar-refractivity contribution in [3.8, 4) is 0 Å². The summed E-state index contributed by atoms with van der Waals surface area (Å²) in [7, 11) is 0. The Morgan fingerprint density at radius 3 is 2.62 bits per heavy atom. The number of aliphatic imine (C=N–C) groups is 1. The molecule has 3 heterocycles. The van der Waals surface area contributed by atoms with E-state index in [4.69, 9.17) is 9.52 Å². The maximum absolute atomic E-state index is 5.17. The Morgan fingerprint density at radius 1 is 1.21 bits per heavy atom. The highest BCUT2D eigenvalue weighted by atomic mass is 127. The van der Waals surface area contributed by atoms with E-state index in [1.807, 2.05) is 32.3 Å². The third kappa shape index (κ3) is 7.29. The molecule has 0 amide bonds. The normalized spacial score (nSPS) is 15.4. The lowest BCUT2D eigenvalue weighted by Crippen LogP contribution is -2.52. The number of guanidine groups is 1. The van der Waals surface area contributed by atoms with Crippen LogP contribution < -0.4 is 5.32 Å². The van der Waals surface area contributed by atoms with Gasteiger partial charge in [-0.1, -0.05) is 5.16 Å². The summed E-state index contributed by atoms with van der Waals surface area (Å²) in [5, 5.41) is 7.55. The van der Waals surface area contributed by atoms with Crippen LogP contribution in [0, 0.1) is 13.8 Å². The van der Waals surface area contributed by atoms with Crippen LogP contribution in [0.2, 0.25) is 0 Å². The first-order valence-corrected chi connectivity index (χ1v) is 10.3. The van der Waals surface area contributed by atoms with Crippen molar-refractivity contribution >= 4 is 29.9 Å². The fraction of sp³-hybridized carbons (Fsp3) is 0.650. The molecule has 0 unspecified atom stereocenters. The molecular formula is C20H34IN7O. The van der Waals surface area contributed by atoms with Crippen LogP contribution in [0.1, 0.15) is 37.0 Å². The van der Waals surface area contributed by atoms with Crippen LogP contribution in [0.3, 0.4) is 0 Å². The number of piperazine rings is 1. The van der Waals surface area contributed by atoms with E-state index >= 15 is 0 Å². The van der Waals surface area contributed by atoms with Crippen molar-refractivity contribution < 1.29 is 4.52 Å². The lowest BCUT2D eigenvalue weighted by atomic mass is 10.3. The molecule has 1 fully saturated rings. The molecule has 0 aromatic carbocycles. The van der Waals surface area contributed by atoms with Gasteiger partial charge in [-0.05, 0) is 33.6 Å². The summed E-state index contributed by atoms with van der Waals surface area (Å²) in [6.07, 6.45) is 6.10. The maximum atomic E-state index is 5.17. The number of nitrogens with one attached hydrogen (secondary N) is 1. The van der Waals surface area contributed by atoms with E-state index in [-0.39, 0.29) is 24.0 Å².